The van der Waals surface area contributed by atoms with Gasteiger partial charge >= 0.3 is 0 Å². The summed E-state index contributed by atoms with van der Waals surface area (Å²) in [5.41, 5.74) is 0.821. The molecule has 0 radical (unpaired) electrons. The largest absolute Gasteiger partial charge is 0.396 e. The van der Waals surface area contributed by atoms with Gasteiger partial charge in [-0.3, -0.25) is 0 Å². The fraction of sp³-hybridized carbons (Fsp3) is 0.562. The Morgan fingerprint density at radius 2 is 2.21 bits per heavy atom. The van der Waals surface area contributed by atoms with Crippen LogP contribution in [0, 0.1) is 16.7 Å². The number of rotatable bonds is 6. The minimum Gasteiger partial charge on any atom is -0.396 e. The molecule has 1 N–H and O–H groups in total. The normalized spacial score (nSPS) is 19.5. The zero-order valence-electron chi connectivity index (χ0n) is 11.3. The van der Waals surface area contributed by atoms with Gasteiger partial charge in [0.1, 0.15) is 0 Å². The molecule has 1 aliphatic rings. The van der Waals surface area contributed by atoms with Crippen molar-refractivity contribution in [1.29, 1.82) is 5.26 Å². The molecule has 0 saturated heterocycles. The molecular weight excluding hydrogens is 302 g/mol. The number of halogens is 1. The molecule has 1 aliphatic carbocycles. The Balaban J connectivity index is 2.00. The van der Waals surface area contributed by atoms with Gasteiger partial charge in [0, 0.05) is 11.1 Å². The van der Waals surface area contributed by atoms with Crippen molar-refractivity contribution in [2.75, 3.05) is 6.61 Å². The maximum atomic E-state index is 9.52. The standard InChI is InChI=1S/C16H20BrNO/c1-15(11-18,13-4-2-5-14(17)10-13)6-3-7-16(12-19)8-9-16/h2,4-5,10,19H,3,6-9,12H2,1H3. The summed E-state index contributed by atoms with van der Waals surface area (Å²) in [5.74, 6) is 0. The van der Waals surface area contributed by atoms with Crippen LogP contribution in [0.4, 0.5) is 0 Å². The van der Waals surface area contributed by atoms with Crippen molar-refractivity contribution >= 4 is 15.9 Å². The van der Waals surface area contributed by atoms with Crippen LogP contribution in [0.1, 0.15) is 44.6 Å². The van der Waals surface area contributed by atoms with Crippen molar-refractivity contribution in [3.63, 3.8) is 0 Å². The number of benzene rings is 1. The summed E-state index contributed by atoms with van der Waals surface area (Å²) in [6.07, 6.45) is 5.17. The van der Waals surface area contributed by atoms with E-state index < -0.39 is 5.41 Å². The molecule has 0 bridgehead atoms. The van der Waals surface area contributed by atoms with Crippen molar-refractivity contribution in [3.8, 4) is 6.07 Å². The van der Waals surface area contributed by atoms with Gasteiger partial charge in [0.05, 0.1) is 11.5 Å². The van der Waals surface area contributed by atoms with Gasteiger partial charge in [-0.1, -0.05) is 34.5 Å². The van der Waals surface area contributed by atoms with E-state index in [4.69, 9.17) is 0 Å². The molecule has 2 rings (SSSR count). The van der Waals surface area contributed by atoms with E-state index in [0.29, 0.717) is 6.61 Å². The molecule has 1 aromatic rings. The number of hydrogen-bond acceptors (Lipinski definition) is 2. The van der Waals surface area contributed by atoms with Crippen LogP contribution in [0.15, 0.2) is 28.7 Å². The van der Waals surface area contributed by atoms with Gasteiger partial charge in [0.25, 0.3) is 0 Å². The summed E-state index contributed by atoms with van der Waals surface area (Å²) in [6, 6.07) is 10.5. The molecule has 0 heterocycles. The summed E-state index contributed by atoms with van der Waals surface area (Å²) >= 11 is 3.46. The van der Waals surface area contributed by atoms with Crippen LogP contribution >= 0.6 is 15.9 Å². The Bertz CT molecular complexity index is 490. The molecule has 0 aromatic heterocycles. The molecule has 1 saturated carbocycles. The SMILES string of the molecule is CC(C#N)(CCCC1(CO)CC1)c1cccc(Br)c1. The predicted molar refractivity (Wildman–Crippen MR) is 79.7 cm³/mol. The zero-order chi connectivity index (χ0) is 13.9. The quantitative estimate of drug-likeness (QED) is 0.854. The highest BCUT2D eigenvalue weighted by molar-refractivity contribution is 9.10. The first-order valence-electron chi connectivity index (χ1n) is 6.82. The van der Waals surface area contributed by atoms with Crippen LogP contribution in [0.2, 0.25) is 0 Å². The van der Waals surface area contributed by atoms with E-state index in [1.165, 1.54) is 0 Å². The van der Waals surface area contributed by atoms with E-state index in [9.17, 15) is 10.4 Å². The lowest BCUT2D eigenvalue weighted by Gasteiger charge is -2.23. The molecule has 1 fully saturated rings. The van der Waals surface area contributed by atoms with Gasteiger partial charge in [-0.05, 0) is 55.7 Å². The highest BCUT2D eigenvalue weighted by atomic mass is 79.9. The predicted octanol–water partition coefficient (Wildman–Crippen LogP) is 4.17. The van der Waals surface area contributed by atoms with Crippen LogP contribution in [-0.2, 0) is 5.41 Å². The Morgan fingerprint density at radius 1 is 1.47 bits per heavy atom. The Morgan fingerprint density at radius 3 is 2.74 bits per heavy atom. The van der Waals surface area contributed by atoms with Crippen LogP contribution in [0.25, 0.3) is 0 Å². The van der Waals surface area contributed by atoms with E-state index in [0.717, 1.165) is 42.1 Å². The average Bonchev–Trinajstić information content (AvgIpc) is 3.19. The van der Waals surface area contributed by atoms with Crippen LogP contribution < -0.4 is 0 Å². The highest BCUT2D eigenvalue weighted by Gasteiger charge is 2.41. The molecule has 3 heteroatoms. The van der Waals surface area contributed by atoms with Crippen LogP contribution in [0.5, 0.6) is 0 Å². The molecule has 102 valence electrons. The maximum absolute atomic E-state index is 9.52. The van der Waals surface area contributed by atoms with E-state index in [2.05, 4.69) is 22.0 Å². The lowest BCUT2D eigenvalue weighted by atomic mass is 9.78. The summed E-state index contributed by atoms with van der Waals surface area (Å²) in [7, 11) is 0. The molecule has 0 aliphatic heterocycles. The van der Waals surface area contributed by atoms with Gasteiger partial charge in [0.2, 0.25) is 0 Å². The molecule has 0 amide bonds. The van der Waals surface area contributed by atoms with E-state index in [1.54, 1.807) is 0 Å². The van der Waals surface area contributed by atoms with E-state index in [1.807, 2.05) is 31.2 Å². The summed E-state index contributed by atoms with van der Waals surface area (Å²) < 4.78 is 1.01. The van der Waals surface area contributed by atoms with Crippen molar-refractivity contribution < 1.29 is 5.11 Å². The molecule has 0 spiro atoms. The molecule has 19 heavy (non-hydrogen) atoms. The van der Waals surface area contributed by atoms with Gasteiger partial charge in [0.15, 0.2) is 0 Å². The summed E-state index contributed by atoms with van der Waals surface area (Å²) in [5, 5.41) is 18.8. The monoisotopic (exact) mass is 321 g/mol. The average molecular weight is 322 g/mol. The van der Waals surface area contributed by atoms with Crippen molar-refractivity contribution in [2.45, 2.75) is 44.4 Å². The maximum Gasteiger partial charge on any atom is 0.0794 e. The second-order valence-corrected chi connectivity index (χ2v) is 6.88. The smallest absolute Gasteiger partial charge is 0.0794 e. The fourth-order valence-electron chi connectivity index (χ4n) is 2.58. The minimum atomic E-state index is -0.435. The first-order chi connectivity index (χ1) is 9.03. The summed E-state index contributed by atoms with van der Waals surface area (Å²) in [6.45, 7) is 2.31. The van der Waals surface area contributed by atoms with Gasteiger partial charge in [-0.25, -0.2) is 0 Å². The molecule has 1 unspecified atom stereocenters. The van der Waals surface area contributed by atoms with Gasteiger partial charge in [-0.2, -0.15) is 5.26 Å². The van der Waals surface area contributed by atoms with Crippen LogP contribution in [-0.4, -0.2) is 11.7 Å². The van der Waals surface area contributed by atoms with Gasteiger partial charge in [-0.15, -0.1) is 0 Å². The van der Waals surface area contributed by atoms with E-state index >= 15 is 0 Å². The minimum absolute atomic E-state index is 0.188. The van der Waals surface area contributed by atoms with Crippen LogP contribution in [0.3, 0.4) is 0 Å². The highest BCUT2D eigenvalue weighted by Crippen LogP contribution is 2.49. The number of nitriles is 1. The molecule has 1 aromatic carbocycles. The third kappa shape index (κ3) is 3.38. The van der Waals surface area contributed by atoms with Crippen molar-refractivity contribution in [3.05, 3.63) is 34.3 Å². The Hall–Kier alpha value is -0.850. The molecule has 2 nitrogen and oxygen atoms in total. The van der Waals surface area contributed by atoms with E-state index in [-0.39, 0.29) is 5.41 Å². The molecular formula is C16H20BrNO. The third-order valence-electron chi connectivity index (χ3n) is 4.38. The fourth-order valence-corrected chi connectivity index (χ4v) is 2.98. The lowest BCUT2D eigenvalue weighted by Crippen LogP contribution is -2.20. The number of aliphatic hydroxyl groups excluding tert-OH is 1. The third-order valence-corrected chi connectivity index (χ3v) is 4.88. The first-order valence-corrected chi connectivity index (χ1v) is 7.61. The van der Waals surface area contributed by atoms with Gasteiger partial charge < -0.3 is 5.11 Å². The molecule has 1 atom stereocenters. The Kier molecular flexibility index (Phi) is 4.32. The summed E-state index contributed by atoms with van der Waals surface area (Å²) in [4.78, 5) is 0. The number of aliphatic hydroxyl groups is 1. The second-order valence-electron chi connectivity index (χ2n) is 5.97. The zero-order valence-corrected chi connectivity index (χ0v) is 12.9. The Labute approximate surface area is 123 Å². The topological polar surface area (TPSA) is 44.0 Å². The van der Waals surface area contributed by atoms with Crippen molar-refractivity contribution in [2.24, 2.45) is 5.41 Å². The van der Waals surface area contributed by atoms with Crippen molar-refractivity contribution in [1.82, 2.24) is 0 Å². The lowest BCUT2D eigenvalue weighted by molar-refractivity contribution is 0.198. The second kappa shape index (κ2) is 5.64. The number of hydrogen-bond donors (Lipinski definition) is 1. The first kappa shape index (κ1) is 14.6. The number of nitrogens with zero attached hydrogens (tertiary/aromatic N) is 1.